The number of hydrogen-bond donors (Lipinski definition) is 1. The van der Waals surface area contributed by atoms with Crippen molar-refractivity contribution in [2.24, 2.45) is 0 Å². The molecule has 0 aliphatic carbocycles. The number of anilines is 1. The molecule has 6 nitrogen and oxygen atoms in total. The Balaban J connectivity index is 2.33. The van der Waals surface area contributed by atoms with Crippen LogP contribution in [-0.4, -0.2) is 30.8 Å². The molecule has 2 aromatic rings. The second-order valence-electron chi connectivity index (χ2n) is 5.85. The molecule has 2 rings (SSSR count). The van der Waals surface area contributed by atoms with Crippen molar-refractivity contribution in [3.63, 3.8) is 0 Å². The highest BCUT2D eigenvalue weighted by atomic mass is 32.1. The molecule has 0 saturated carbocycles. The molecule has 0 bridgehead atoms. The summed E-state index contributed by atoms with van der Waals surface area (Å²) in [5, 5.41) is 21.6. The number of aryl methyl sites for hydroxylation is 1. The molecule has 0 aliphatic heterocycles. The van der Waals surface area contributed by atoms with Crippen molar-refractivity contribution >= 4 is 45.6 Å². The summed E-state index contributed by atoms with van der Waals surface area (Å²) >= 11 is 2.55. The summed E-state index contributed by atoms with van der Waals surface area (Å²) in [7, 11) is 3.24. The van der Waals surface area contributed by atoms with E-state index >= 15 is 0 Å². The zero-order valence-corrected chi connectivity index (χ0v) is 17.0. The first kappa shape index (κ1) is 20.4. The molecule has 2 heterocycles. The molecule has 0 aliphatic rings. The normalized spacial score (nSPS) is 10.8. The number of nitriles is 2. The van der Waals surface area contributed by atoms with Gasteiger partial charge in [-0.2, -0.15) is 10.5 Å². The Labute approximate surface area is 166 Å². The van der Waals surface area contributed by atoms with Gasteiger partial charge >= 0.3 is 0 Å². The second kappa shape index (κ2) is 8.63. The SMILES string of the molecule is CCc1ccc(C=C(C#N)C(=O)Nc2sc(C(=O)N(C)C)c(C)c2C#N)s1. The fourth-order valence-corrected chi connectivity index (χ4v) is 4.34. The van der Waals surface area contributed by atoms with Crippen LogP contribution in [-0.2, 0) is 11.2 Å². The number of rotatable bonds is 5. The number of hydrogen-bond acceptors (Lipinski definition) is 6. The van der Waals surface area contributed by atoms with Gasteiger partial charge in [0, 0.05) is 23.8 Å². The lowest BCUT2D eigenvalue weighted by Crippen LogP contribution is -2.21. The lowest BCUT2D eigenvalue weighted by molar-refractivity contribution is -0.112. The molecule has 8 heteroatoms. The van der Waals surface area contributed by atoms with Crippen LogP contribution in [0.25, 0.3) is 6.08 Å². The molecular formula is C19H18N4O2S2. The summed E-state index contributed by atoms with van der Waals surface area (Å²) < 4.78 is 0. The maximum atomic E-state index is 12.5. The Morgan fingerprint density at radius 3 is 2.48 bits per heavy atom. The van der Waals surface area contributed by atoms with Gasteiger partial charge in [-0.15, -0.1) is 22.7 Å². The predicted octanol–water partition coefficient (Wildman–Crippen LogP) is 3.80. The Morgan fingerprint density at radius 1 is 1.26 bits per heavy atom. The summed E-state index contributed by atoms with van der Waals surface area (Å²) in [6.45, 7) is 3.70. The van der Waals surface area contributed by atoms with Gasteiger partial charge < -0.3 is 10.2 Å². The molecule has 0 saturated heterocycles. The molecule has 0 radical (unpaired) electrons. The van der Waals surface area contributed by atoms with E-state index in [0.717, 1.165) is 27.5 Å². The molecule has 2 amide bonds. The summed E-state index contributed by atoms with van der Waals surface area (Å²) in [5.74, 6) is -0.846. The maximum Gasteiger partial charge on any atom is 0.267 e. The minimum atomic E-state index is -0.606. The van der Waals surface area contributed by atoms with Gasteiger partial charge in [0.05, 0.1) is 10.4 Å². The van der Waals surface area contributed by atoms with Crippen molar-refractivity contribution in [2.75, 3.05) is 19.4 Å². The van der Waals surface area contributed by atoms with Crippen molar-refractivity contribution in [1.29, 1.82) is 10.5 Å². The van der Waals surface area contributed by atoms with Crippen LogP contribution in [0.15, 0.2) is 17.7 Å². The highest BCUT2D eigenvalue weighted by Crippen LogP contribution is 2.33. The van der Waals surface area contributed by atoms with Gasteiger partial charge in [0.1, 0.15) is 22.7 Å². The standard InChI is InChI=1S/C19H18N4O2S2/c1-5-13-6-7-14(26-13)8-12(9-20)17(24)22-18-15(10-21)11(2)16(27-18)19(25)23(3)4/h6-8H,5H2,1-4H3,(H,22,24). The van der Waals surface area contributed by atoms with Crippen LogP contribution in [0.5, 0.6) is 0 Å². The zero-order chi connectivity index (χ0) is 20.1. The Kier molecular flexibility index (Phi) is 6.51. The molecule has 138 valence electrons. The van der Waals surface area contributed by atoms with Crippen molar-refractivity contribution in [1.82, 2.24) is 4.90 Å². The van der Waals surface area contributed by atoms with E-state index in [2.05, 4.69) is 5.32 Å². The van der Waals surface area contributed by atoms with Crippen LogP contribution >= 0.6 is 22.7 Å². The third-order valence-corrected chi connectivity index (χ3v) is 6.14. The lowest BCUT2D eigenvalue weighted by Gasteiger charge is -2.08. The monoisotopic (exact) mass is 398 g/mol. The molecule has 0 unspecified atom stereocenters. The van der Waals surface area contributed by atoms with Crippen LogP contribution in [0.4, 0.5) is 5.00 Å². The van der Waals surface area contributed by atoms with Crippen molar-refractivity contribution in [3.8, 4) is 12.1 Å². The molecule has 0 aromatic carbocycles. The third kappa shape index (κ3) is 4.43. The lowest BCUT2D eigenvalue weighted by atomic mass is 10.1. The Morgan fingerprint density at radius 2 is 1.96 bits per heavy atom. The summed E-state index contributed by atoms with van der Waals surface area (Å²) in [4.78, 5) is 28.5. The minimum Gasteiger partial charge on any atom is -0.344 e. The van der Waals surface area contributed by atoms with Crippen molar-refractivity contribution < 1.29 is 9.59 Å². The van der Waals surface area contributed by atoms with Gasteiger partial charge in [-0.25, -0.2) is 0 Å². The van der Waals surface area contributed by atoms with Crippen molar-refractivity contribution in [3.05, 3.63) is 43.5 Å². The number of thiophene rings is 2. The van der Waals surface area contributed by atoms with E-state index in [9.17, 15) is 20.1 Å². The van der Waals surface area contributed by atoms with Gasteiger partial charge in [-0.05, 0) is 37.1 Å². The van der Waals surface area contributed by atoms with E-state index in [-0.39, 0.29) is 22.0 Å². The van der Waals surface area contributed by atoms with E-state index in [1.54, 1.807) is 21.0 Å². The summed E-state index contributed by atoms with van der Waals surface area (Å²) in [5.41, 5.74) is 0.694. The first-order valence-corrected chi connectivity index (χ1v) is 9.72. The van der Waals surface area contributed by atoms with Gasteiger partial charge in [-0.1, -0.05) is 6.92 Å². The molecule has 2 aromatic heterocycles. The molecule has 0 atom stereocenters. The first-order valence-electron chi connectivity index (χ1n) is 8.09. The van der Waals surface area contributed by atoms with Gasteiger partial charge in [-0.3, -0.25) is 9.59 Å². The zero-order valence-electron chi connectivity index (χ0n) is 15.4. The fourth-order valence-electron chi connectivity index (χ4n) is 2.27. The second-order valence-corrected chi connectivity index (χ2v) is 8.07. The van der Waals surface area contributed by atoms with Gasteiger partial charge in [0.15, 0.2) is 0 Å². The van der Waals surface area contributed by atoms with E-state index in [1.165, 1.54) is 22.3 Å². The third-order valence-electron chi connectivity index (χ3n) is 3.77. The highest BCUT2D eigenvalue weighted by Gasteiger charge is 2.23. The molecule has 1 N–H and O–H groups in total. The quantitative estimate of drug-likeness (QED) is 0.612. The Bertz CT molecular complexity index is 1000. The molecule has 0 fully saturated rings. The average molecular weight is 399 g/mol. The average Bonchev–Trinajstić information content (AvgIpc) is 3.22. The molecule has 0 spiro atoms. The first-order chi connectivity index (χ1) is 12.8. The van der Waals surface area contributed by atoms with Crippen LogP contribution < -0.4 is 5.32 Å². The van der Waals surface area contributed by atoms with Crippen LogP contribution in [0, 0.1) is 29.6 Å². The smallest absolute Gasteiger partial charge is 0.267 e. The number of nitrogens with zero attached hydrogens (tertiary/aromatic N) is 3. The molecule has 27 heavy (non-hydrogen) atoms. The van der Waals surface area contributed by atoms with E-state index < -0.39 is 5.91 Å². The van der Waals surface area contributed by atoms with Crippen molar-refractivity contribution in [2.45, 2.75) is 20.3 Å². The predicted molar refractivity (Wildman–Crippen MR) is 108 cm³/mol. The van der Waals surface area contributed by atoms with Crippen LogP contribution in [0.3, 0.4) is 0 Å². The highest BCUT2D eigenvalue weighted by molar-refractivity contribution is 7.18. The number of carbonyl (C=O) groups excluding carboxylic acids is 2. The van der Waals surface area contributed by atoms with Crippen LogP contribution in [0.1, 0.15) is 37.5 Å². The largest absolute Gasteiger partial charge is 0.344 e. The minimum absolute atomic E-state index is 0.0602. The molecular weight excluding hydrogens is 380 g/mol. The van der Waals surface area contributed by atoms with E-state index in [1.807, 2.05) is 31.2 Å². The van der Waals surface area contributed by atoms with E-state index in [0.29, 0.717) is 10.4 Å². The number of amides is 2. The van der Waals surface area contributed by atoms with Gasteiger partial charge in [0.2, 0.25) is 0 Å². The summed E-state index contributed by atoms with van der Waals surface area (Å²) in [6, 6.07) is 7.74. The number of nitrogens with one attached hydrogen (secondary N) is 1. The summed E-state index contributed by atoms with van der Waals surface area (Å²) in [6.07, 6.45) is 2.41. The fraction of sp³-hybridized carbons (Fsp3) is 0.263. The number of carbonyl (C=O) groups is 2. The van der Waals surface area contributed by atoms with Gasteiger partial charge in [0.25, 0.3) is 11.8 Å². The maximum absolute atomic E-state index is 12.5. The topological polar surface area (TPSA) is 97.0 Å². The van der Waals surface area contributed by atoms with E-state index in [4.69, 9.17) is 0 Å². The Hall–Kier alpha value is -2.94. The van der Waals surface area contributed by atoms with Crippen LogP contribution in [0.2, 0.25) is 0 Å².